The normalized spacial score (nSPS) is 26.7. The minimum Gasteiger partial charge on any atom is -0.383 e. The topological polar surface area (TPSA) is 90.2 Å². The zero-order chi connectivity index (χ0) is 20.1. The van der Waals surface area contributed by atoms with Crippen molar-refractivity contribution in [3.05, 3.63) is 40.7 Å². The highest BCUT2D eigenvalue weighted by molar-refractivity contribution is 5.73. The van der Waals surface area contributed by atoms with E-state index in [-0.39, 0.29) is 22.8 Å². The molecule has 0 bridgehead atoms. The summed E-state index contributed by atoms with van der Waals surface area (Å²) < 4.78 is 16.1. The van der Waals surface area contributed by atoms with Gasteiger partial charge < -0.3 is 16.4 Å². The van der Waals surface area contributed by atoms with Gasteiger partial charge in [-0.1, -0.05) is 30.3 Å². The zero-order valence-corrected chi connectivity index (χ0v) is 16.5. The van der Waals surface area contributed by atoms with E-state index < -0.39 is 5.67 Å². The number of nitrogens with two attached hydrogens (primary N) is 2. The van der Waals surface area contributed by atoms with Crippen LogP contribution in [0.4, 0.5) is 16.2 Å². The van der Waals surface area contributed by atoms with Gasteiger partial charge in [0.2, 0.25) is 5.95 Å². The lowest BCUT2D eigenvalue weighted by atomic mass is 9.74. The molecule has 2 aromatic rings. The highest BCUT2D eigenvalue weighted by Crippen LogP contribution is 2.51. The van der Waals surface area contributed by atoms with Crippen molar-refractivity contribution < 1.29 is 4.39 Å². The highest BCUT2D eigenvalue weighted by atomic mass is 19.1. The fourth-order valence-electron chi connectivity index (χ4n) is 5.08. The number of nitrogens with zero attached hydrogens (tertiary/aromatic N) is 3. The fraction of sp³-hybridized carbons (Fsp3) is 0.524. The number of piperidine rings is 1. The quantitative estimate of drug-likeness (QED) is 0.829. The lowest BCUT2D eigenvalue weighted by molar-refractivity contribution is 0.142. The molecule has 7 heteroatoms. The maximum absolute atomic E-state index is 14.5. The Hall–Kier alpha value is -2.41. The first kappa shape index (κ1) is 18.9. The minimum absolute atomic E-state index is 0.119. The number of halogens is 1. The van der Waals surface area contributed by atoms with Crippen LogP contribution in [0.3, 0.4) is 0 Å². The van der Waals surface area contributed by atoms with Crippen LogP contribution in [-0.2, 0) is 7.05 Å². The number of alkyl halides is 1. The van der Waals surface area contributed by atoms with E-state index in [0.717, 1.165) is 18.4 Å². The molecule has 6 nitrogen and oxygen atoms in total. The fourth-order valence-corrected chi connectivity index (χ4v) is 5.08. The molecular weight excluding hydrogens is 357 g/mol. The van der Waals surface area contributed by atoms with Crippen LogP contribution < -0.4 is 21.9 Å². The second kappa shape index (κ2) is 6.58. The average Bonchev–Trinajstić information content (AvgIpc) is 2.88. The summed E-state index contributed by atoms with van der Waals surface area (Å²) in [4.78, 5) is 19.6. The predicted octanol–water partition coefficient (Wildman–Crippen LogP) is 2.47. The van der Waals surface area contributed by atoms with Gasteiger partial charge in [-0.2, -0.15) is 4.98 Å². The molecule has 1 aliphatic heterocycles. The molecule has 0 amide bonds. The van der Waals surface area contributed by atoms with Crippen LogP contribution in [0.25, 0.3) is 11.1 Å². The van der Waals surface area contributed by atoms with Gasteiger partial charge in [0.1, 0.15) is 11.5 Å². The van der Waals surface area contributed by atoms with Crippen LogP contribution in [0.2, 0.25) is 0 Å². The van der Waals surface area contributed by atoms with Gasteiger partial charge >= 0.3 is 0 Å². The maximum atomic E-state index is 14.5. The Balaban J connectivity index is 1.61. The summed E-state index contributed by atoms with van der Waals surface area (Å²) in [6, 6.07) is 9.23. The van der Waals surface area contributed by atoms with Gasteiger partial charge in [-0.05, 0) is 43.6 Å². The van der Waals surface area contributed by atoms with Crippen LogP contribution in [0.5, 0.6) is 0 Å². The van der Waals surface area contributed by atoms with E-state index in [2.05, 4.69) is 9.88 Å². The number of nitrogen functional groups attached to an aromatic ring is 1. The van der Waals surface area contributed by atoms with Crippen molar-refractivity contribution >= 4 is 11.8 Å². The maximum Gasteiger partial charge on any atom is 0.264 e. The third-order valence-electron chi connectivity index (χ3n) is 6.55. The summed E-state index contributed by atoms with van der Waals surface area (Å²) in [5, 5.41) is 0. The van der Waals surface area contributed by atoms with Gasteiger partial charge in [0.15, 0.2) is 0 Å². The molecule has 1 aliphatic carbocycles. The van der Waals surface area contributed by atoms with Crippen LogP contribution in [0, 0.1) is 5.41 Å². The summed E-state index contributed by atoms with van der Waals surface area (Å²) in [7, 11) is 1.72. The lowest BCUT2D eigenvalue weighted by Gasteiger charge is -2.42. The number of aromatic nitrogens is 2. The van der Waals surface area contributed by atoms with Crippen molar-refractivity contribution in [3.8, 4) is 11.1 Å². The van der Waals surface area contributed by atoms with E-state index in [1.54, 1.807) is 18.5 Å². The zero-order valence-electron chi connectivity index (χ0n) is 16.5. The standard InChI is InChI=1S/C21H28FN5O/c1-20(22)12-15(23)21(13-20)8-10-27(11-9-21)19-25-17(24)16(18(28)26(19)2)14-6-4-3-5-7-14/h3-7,15H,8-13,23-24H2,1-2H3/t15-,20?/m1/s1. The molecule has 1 saturated heterocycles. The first-order valence-electron chi connectivity index (χ1n) is 9.84. The molecule has 1 saturated carbocycles. The molecule has 4 N–H and O–H groups in total. The van der Waals surface area contributed by atoms with Gasteiger partial charge in [0, 0.05) is 26.2 Å². The van der Waals surface area contributed by atoms with E-state index in [9.17, 15) is 9.18 Å². The smallest absolute Gasteiger partial charge is 0.264 e. The third kappa shape index (κ3) is 3.07. The van der Waals surface area contributed by atoms with Crippen molar-refractivity contribution in [1.29, 1.82) is 0 Å². The highest BCUT2D eigenvalue weighted by Gasteiger charge is 2.52. The van der Waals surface area contributed by atoms with Crippen molar-refractivity contribution in [1.82, 2.24) is 9.55 Å². The molecule has 0 radical (unpaired) electrons. The molecule has 1 aromatic heterocycles. The Labute approximate surface area is 164 Å². The van der Waals surface area contributed by atoms with Crippen molar-refractivity contribution in [2.45, 2.75) is 44.3 Å². The number of rotatable bonds is 2. The minimum atomic E-state index is -1.19. The number of hydrogen-bond acceptors (Lipinski definition) is 5. The van der Waals surface area contributed by atoms with Gasteiger partial charge in [-0.15, -0.1) is 0 Å². The third-order valence-corrected chi connectivity index (χ3v) is 6.55. The molecule has 2 atom stereocenters. The Morgan fingerprint density at radius 1 is 1.21 bits per heavy atom. The Kier molecular flexibility index (Phi) is 4.45. The molecule has 150 valence electrons. The molecular formula is C21H28FN5O. The molecule has 1 aromatic carbocycles. The molecule has 1 unspecified atom stereocenters. The monoisotopic (exact) mass is 385 g/mol. The van der Waals surface area contributed by atoms with E-state index in [0.29, 0.717) is 37.4 Å². The van der Waals surface area contributed by atoms with Crippen LogP contribution in [0.15, 0.2) is 35.1 Å². The molecule has 2 fully saturated rings. The SMILES string of the molecule is Cn1c(N2CCC3(CC2)CC(C)(F)C[C@H]3N)nc(N)c(-c2ccccc2)c1=O. The number of hydrogen-bond donors (Lipinski definition) is 2. The first-order chi connectivity index (χ1) is 13.2. The second-order valence-corrected chi connectivity index (χ2v) is 8.65. The van der Waals surface area contributed by atoms with Gasteiger partial charge in [-0.25, -0.2) is 4.39 Å². The van der Waals surface area contributed by atoms with Crippen LogP contribution in [0.1, 0.15) is 32.6 Å². The van der Waals surface area contributed by atoms with Crippen molar-refractivity contribution in [2.75, 3.05) is 23.7 Å². The van der Waals surface area contributed by atoms with Gasteiger partial charge in [0.25, 0.3) is 5.56 Å². The summed E-state index contributed by atoms with van der Waals surface area (Å²) in [6.45, 7) is 3.03. The molecule has 4 rings (SSSR count). The molecule has 2 heterocycles. The molecule has 2 aliphatic rings. The van der Waals surface area contributed by atoms with E-state index in [1.165, 1.54) is 0 Å². The van der Waals surface area contributed by atoms with E-state index in [4.69, 9.17) is 11.5 Å². The van der Waals surface area contributed by atoms with Gasteiger partial charge in [-0.3, -0.25) is 9.36 Å². The van der Waals surface area contributed by atoms with Crippen LogP contribution in [-0.4, -0.2) is 34.4 Å². The Morgan fingerprint density at radius 2 is 1.86 bits per heavy atom. The molecule has 28 heavy (non-hydrogen) atoms. The van der Waals surface area contributed by atoms with Gasteiger partial charge in [0.05, 0.1) is 5.56 Å². The van der Waals surface area contributed by atoms with E-state index in [1.807, 2.05) is 30.3 Å². The van der Waals surface area contributed by atoms with Crippen molar-refractivity contribution in [3.63, 3.8) is 0 Å². The Bertz CT molecular complexity index is 932. The first-order valence-corrected chi connectivity index (χ1v) is 9.84. The summed E-state index contributed by atoms with van der Waals surface area (Å²) >= 11 is 0. The average molecular weight is 385 g/mol. The lowest BCUT2D eigenvalue weighted by Crippen LogP contribution is -2.48. The van der Waals surface area contributed by atoms with Crippen LogP contribution >= 0.6 is 0 Å². The largest absolute Gasteiger partial charge is 0.383 e. The number of anilines is 2. The second-order valence-electron chi connectivity index (χ2n) is 8.65. The summed E-state index contributed by atoms with van der Waals surface area (Å²) in [5.74, 6) is 0.796. The Morgan fingerprint density at radius 3 is 2.43 bits per heavy atom. The predicted molar refractivity (Wildman–Crippen MR) is 110 cm³/mol. The molecule has 1 spiro atoms. The van der Waals surface area contributed by atoms with Crippen molar-refractivity contribution in [2.24, 2.45) is 18.2 Å². The summed E-state index contributed by atoms with van der Waals surface area (Å²) in [5.41, 5.74) is 12.2. The number of benzene rings is 1. The summed E-state index contributed by atoms with van der Waals surface area (Å²) in [6.07, 6.45) is 2.52. The van der Waals surface area contributed by atoms with E-state index >= 15 is 0 Å².